The van der Waals surface area contributed by atoms with Gasteiger partial charge in [-0.25, -0.2) is 18.1 Å². The largest absolute Gasteiger partial charge is 0.495 e. The molecule has 1 aliphatic heterocycles. The van der Waals surface area contributed by atoms with Crippen LogP contribution in [0.25, 0.3) is 0 Å². The van der Waals surface area contributed by atoms with Gasteiger partial charge in [0.1, 0.15) is 10.6 Å². The minimum atomic E-state index is -3.83. The maximum absolute atomic E-state index is 13.2. The average molecular weight is 448 g/mol. The molecule has 0 radical (unpaired) electrons. The summed E-state index contributed by atoms with van der Waals surface area (Å²) in [5.41, 5.74) is 2.08. The molecule has 1 N–H and O–H groups in total. The first-order chi connectivity index (χ1) is 14.2. The van der Waals surface area contributed by atoms with E-state index in [1.807, 2.05) is 31.2 Å². The second-order valence-electron chi connectivity index (χ2n) is 7.13. The number of carbonyl (C=O) groups is 1. The van der Waals surface area contributed by atoms with Crippen LogP contribution in [0.1, 0.15) is 29.8 Å². The van der Waals surface area contributed by atoms with Gasteiger partial charge in [0.15, 0.2) is 5.17 Å². The van der Waals surface area contributed by atoms with E-state index in [2.05, 4.69) is 9.71 Å². The smallest absolute Gasteiger partial charge is 0.259 e. The standard InChI is InChI=1S/C21H25N3O4S2/c1-14(2)23-30(26,27)19-13-16(9-10-18(19)28-4)20(25)24-11-12-29-21(24)22-17-8-6-5-7-15(17)3/h5-10,13-14,23H,11-12H2,1-4H3. The molecule has 0 spiro atoms. The third-order valence-electron chi connectivity index (χ3n) is 4.44. The van der Waals surface area contributed by atoms with E-state index in [1.165, 1.54) is 31.0 Å². The van der Waals surface area contributed by atoms with Crippen molar-refractivity contribution >= 4 is 38.5 Å². The van der Waals surface area contributed by atoms with Gasteiger partial charge in [0.05, 0.1) is 12.8 Å². The highest BCUT2D eigenvalue weighted by molar-refractivity contribution is 8.14. The Hall–Kier alpha value is -2.36. The summed E-state index contributed by atoms with van der Waals surface area (Å²) in [5, 5.41) is 0.606. The number of thioether (sulfide) groups is 1. The number of carbonyl (C=O) groups excluding carboxylic acids is 1. The van der Waals surface area contributed by atoms with Crippen molar-refractivity contribution in [2.45, 2.75) is 31.7 Å². The molecule has 1 aliphatic rings. The molecule has 0 aliphatic carbocycles. The maximum atomic E-state index is 13.2. The fourth-order valence-corrected chi connectivity index (χ4v) is 5.42. The molecule has 1 amide bonds. The molecular formula is C21H25N3O4S2. The highest BCUT2D eigenvalue weighted by Gasteiger charge is 2.29. The zero-order valence-corrected chi connectivity index (χ0v) is 19.0. The second-order valence-corrected chi connectivity index (χ2v) is 9.87. The van der Waals surface area contributed by atoms with Crippen molar-refractivity contribution in [3.05, 3.63) is 53.6 Å². The fourth-order valence-electron chi connectivity index (χ4n) is 3.02. The molecule has 1 saturated heterocycles. The van der Waals surface area contributed by atoms with Crippen LogP contribution in [-0.4, -0.2) is 49.8 Å². The number of nitrogens with zero attached hydrogens (tertiary/aromatic N) is 2. The van der Waals surface area contributed by atoms with E-state index in [-0.39, 0.29) is 28.2 Å². The van der Waals surface area contributed by atoms with Gasteiger partial charge >= 0.3 is 0 Å². The number of nitrogens with one attached hydrogen (secondary N) is 1. The summed E-state index contributed by atoms with van der Waals surface area (Å²) in [6, 6.07) is 11.9. The number of aliphatic imine (C=N–C) groups is 1. The normalized spacial score (nSPS) is 15.8. The number of ether oxygens (including phenoxy) is 1. The van der Waals surface area contributed by atoms with Gasteiger partial charge in [-0.05, 0) is 50.6 Å². The van der Waals surface area contributed by atoms with Crippen LogP contribution in [0.4, 0.5) is 5.69 Å². The lowest BCUT2D eigenvalue weighted by atomic mass is 10.2. The van der Waals surface area contributed by atoms with Crippen molar-refractivity contribution < 1.29 is 17.9 Å². The van der Waals surface area contributed by atoms with Crippen LogP contribution in [0.5, 0.6) is 5.75 Å². The van der Waals surface area contributed by atoms with Crippen molar-refractivity contribution in [1.29, 1.82) is 0 Å². The Morgan fingerprint density at radius 1 is 1.23 bits per heavy atom. The molecule has 0 atom stereocenters. The lowest BCUT2D eigenvalue weighted by molar-refractivity contribution is 0.0859. The Bertz CT molecular complexity index is 1080. The van der Waals surface area contributed by atoms with Gasteiger partial charge in [-0.2, -0.15) is 0 Å². The molecule has 30 heavy (non-hydrogen) atoms. The molecule has 0 bridgehead atoms. The van der Waals surface area contributed by atoms with Crippen LogP contribution in [0.3, 0.4) is 0 Å². The summed E-state index contributed by atoms with van der Waals surface area (Å²) in [5.74, 6) is 0.618. The molecule has 7 nitrogen and oxygen atoms in total. The number of amides is 1. The molecule has 0 saturated carbocycles. The van der Waals surface area contributed by atoms with E-state index in [1.54, 1.807) is 24.8 Å². The first kappa shape index (κ1) is 22.3. The molecule has 0 unspecified atom stereocenters. The van der Waals surface area contributed by atoms with E-state index in [9.17, 15) is 13.2 Å². The van der Waals surface area contributed by atoms with Crippen molar-refractivity contribution in [1.82, 2.24) is 9.62 Å². The van der Waals surface area contributed by atoms with Crippen molar-refractivity contribution in [2.24, 2.45) is 4.99 Å². The van der Waals surface area contributed by atoms with Crippen LogP contribution in [-0.2, 0) is 10.0 Å². The van der Waals surface area contributed by atoms with E-state index in [0.717, 1.165) is 17.0 Å². The number of methoxy groups -OCH3 is 1. The quantitative estimate of drug-likeness (QED) is 0.731. The lowest BCUT2D eigenvalue weighted by Gasteiger charge is -2.18. The molecule has 1 fully saturated rings. The summed E-state index contributed by atoms with van der Waals surface area (Å²) in [6.07, 6.45) is 0. The number of hydrogen-bond donors (Lipinski definition) is 1. The van der Waals surface area contributed by atoms with Gasteiger partial charge in [-0.1, -0.05) is 30.0 Å². The zero-order valence-electron chi connectivity index (χ0n) is 17.4. The number of sulfonamides is 1. The molecule has 1 heterocycles. The summed E-state index contributed by atoms with van der Waals surface area (Å²) in [4.78, 5) is 19.4. The Labute approximate surface area is 181 Å². The predicted molar refractivity (Wildman–Crippen MR) is 120 cm³/mol. The van der Waals surface area contributed by atoms with Crippen LogP contribution in [0.15, 0.2) is 52.4 Å². The average Bonchev–Trinajstić information content (AvgIpc) is 3.16. The third-order valence-corrected chi connectivity index (χ3v) is 7.08. The third kappa shape index (κ3) is 4.85. The second kappa shape index (κ2) is 9.20. The number of benzene rings is 2. The summed E-state index contributed by atoms with van der Waals surface area (Å²) in [6.45, 7) is 5.93. The predicted octanol–water partition coefficient (Wildman–Crippen LogP) is 3.57. The number of aryl methyl sites for hydroxylation is 1. The van der Waals surface area contributed by atoms with E-state index < -0.39 is 10.0 Å². The van der Waals surface area contributed by atoms with Gasteiger partial charge in [0.25, 0.3) is 5.91 Å². The Kier molecular flexibility index (Phi) is 6.84. The molecule has 2 aromatic carbocycles. The molecule has 3 rings (SSSR count). The molecule has 0 aromatic heterocycles. The van der Waals surface area contributed by atoms with Gasteiger partial charge in [-0.3, -0.25) is 9.69 Å². The number of rotatable bonds is 6. The lowest BCUT2D eigenvalue weighted by Crippen LogP contribution is -2.33. The van der Waals surface area contributed by atoms with E-state index >= 15 is 0 Å². The summed E-state index contributed by atoms with van der Waals surface area (Å²) >= 11 is 1.50. The van der Waals surface area contributed by atoms with Gasteiger partial charge in [0.2, 0.25) is 10.0 Å². The molecule has 9 heteroatoms. The fraction of sp³-hybridized carbons (Fsp3) is 0.333. The van der Waals surface area contributed by atoms with Crippen LogP contribution < -0.4 is 9.46 Å². The minimum Gasteiger partial charge on any atom is -0.495 e. The van der Waals surface area contributed by atoms with Gasteiger partial charge in [-0.15, -0.1) is 0 Å². The van der Waals surface area contributed by atoms with Gasteiger partial charge in [0, 0.05) is 23.9 Å². The summed E-state index contributed by atoms with van der Waals surface area (Å²) in [7, 11) is -2.43. The SMILES string of the molecule is COc1ccc(C(=O)N2CCSC2=Nc2ccccc2C)cc1S(=O)(=O)NC(C)C. The Morgan fingerprint density at radius 3 is 2.63 bits per heavy atom. The first-order valence-electron chi connectivity index (χ1n) is 9.52. The van der Waals surface area contributed by atoms with Gasteiger partial charge < -0.3 is 4.74 Å². The monoisotopic (exact) mass is 447 g/mol. The molecular weight excluding hydrogens is 422 g/mol. The van der Waals surface area contributed by atoms with Crippen molar-refractivity contribution in [3.8, 4) is 5.75 Å². The van der Waals surface area contributed by atoms with Crippen LogP contribution >= 0.6 is 11.8 Å². The van der Waals surface area contributed by atoms with Crippen LogP contribution in [0, 0.1) is 6.92 Å². The first-order valence-corrected chi connectivity index (χ1v) is 12.0. The minimum absolute atomic E-state index is 0.0613. The Morgan fingerprint density at radius 2 is 1.97 bits per heavy atom. The van der Waals surface area contributed by atoms with Crippen LogP contribution in [0.2, 0.25) is 0 Å². The number of para-hydroxylation sites is 1. The molecule has 160 valence electrons. The van der Waals surface area contributed by atoms with Crippen molar-refractivity contribution in [2.75, 3.05) is 19.4 Å². The highest BCUT2D eigenvalue weighted by atomic mass is 32.2. The summed E-state index contributed by atoms with van der Waals surface area (Å²) < 4.78 is 33.2. The van der Waals surface area contributed by atoms with Crippen molar-refractivity contribution in [3.63, 3.8) is 0 Å². The molecule has 2 aromatic rings. The number of amidine groups is 1. The number of hydrogen-bond acceptors (Lipinski definition) is 6. The Balaban J connectivity index is 1.96. The zero-order chi connectivity index (χ0) is 21.9. The van der Waals surface area contributed by atoms with E-state index in [0.29, 0.717) is 11.7 Å². The van der Waals surface area contributed by atoms with E-state index in [4.69, 9.17) is 4.74 Å². The topological polar surface area (TPSA) is 88.1 Å². The maximum Gasteiger partial charge on any atom is 0.259 e. The highest BCUT2D eigenvalue weighted by Crippen LogP contribution is 2.29.